The van der Waals surface area contributed by atoms with Gasteiger partial charge in [-0.2, -0.15) is 11.8 Å². The molecular weight excluding hydrogens is 332 g/mol. The van der Waals surface area contributed by atoms with E-state index in [-0.39, 0.29) is 11.3 Å². The zero-order valence-electron chi connectivity index (χ0n) is 16.1. The summed E-state index contributed by atoms with van der Waals surface area (Å²) in [7, 11) is 0. The normalized spacial score (nSPS) is 25.0. The highest BCUT2D eigenvalue weighted by Crippen LogP contribution is 2.40. The molecule has 2 aliphatic heterocycles. The van der Waals surface area contributed by atoms with Crippen molar-refractivity contribution in [2.45, 2.75) is 45.8 Å². The maximum atomic E-state index is 12.8. The van der Waals surface area contributed by atoms with E-state index in [0.717, 1.165) is 44.1 Å². The fourth-order valence-corrected chi connectivity index (χ4v) is 4.87. The molecule has 0 N–H and O–H groups in total. The summed E-state index contributed by atoms with van der Waals surface area (Å²) >= 11 is 1.71. The highest BCUT2D eigenvalue weighted by molar-refractivity contribution is 7.97. The third kappa shape index (κ3) is 4.62. The summed E-state index contributed by atoms with van der Waals surface area (Å²) in [6.45, 7) is 12.1. The smallest absolute Gasteiger partial charge is 0.289 e. The Morgan fingerprint density at radius 3 is 2.76 bits per heavy atom. The van der Waals surface area contributed by atoms with E-state index >= 15 is 0 Å². The lowest BCUT2D eigenvalue weighted by Gasteiger charge is -2.42. The van der Waals surface area contributed by atoms with E-state index in [9.17, 15) is 4.79 Å². The number of nitrogens with zero attached hydrogens (tertiary/aromatic N) is 2. The molecule has 1 unspecified atom stereocenters. The van der Waals surface area contributed by atoms with Gasteiger partial charge in [-0.1, -0.05) is 20.8 Å². The monoisotopic (exact) mass is 364 g/mol. The van der Waals surface area contributed by atoms with Gasteiger partial charge in [-0.15, -0.1) is 0 Å². The quantitative estimate of drug-likeness (QED) is 0.805. The Hall–Kier alpha value is -0.940. The molecule has 0 saturated carbocycles. The Balaban J connectivity index is 1.62. The Morgan fingerprint density at radius 1 is 1.24 bits per heavy atom. The van der Waals surface area contributed by atoms with Crippen molar-refractivity contribution in [3.8, 4) is 0 Å². The molecule has 0 radical (unpaired) electrons. The maximum absolute atomic E-state index is 12.8. The van der Waals surface area contributed by atoms with Gasteiger partial charge < -0.3 is 14.2 Å². The predicted molar refractivity (Wildman–Crippen MR) is 104 cm³/mol. The molecule has 5 heteroatoms. The van der Waals surface area contributed by atoms with E-state index in [4.69, 9.17) is 4.42 Å². The molecule has 3 heterocycles. The molecule has 1 aromatic heterocycles. The molecule has 0 bridgehead atoms. The van der Waals surface area contributed by atoms with E-state index in [1.54, 1.807) is 11.8 Å². The van der Waals surface area contributed by atoms with Crippen LogP contribution in [0.25, 0.3) is 0 Å². The number of piperidine rings is 1. The van der Waals surface area contributed by atoms with Crippen molar-refractivity contribution in [3.05, 3.63) is 23.7 Å². The molecule has 1 aromatic rings. The lowest BCUT2D eigenvalue weighted by atomic mass is 9.78. The zero-order valence-corrected chi connectivity index (χ0v) is 17.0. The van der Waals surface area contributed by atoms with Crippen LogP contribution in [0.4, 0.5) is 0 Å². The average molecular weight is 365 g/mol. The van der Waals surface area contributed by atoms with Crippen LogP contribution in [-0.2, 0) is 5.75 Å². The average Bonchev–Trinajstić information content (AvgIpc) is 3.13. The second-order valence-electron chi connectivity index (χ2n) is 9.05. The molecule has 2 saturated heterocycles. The van der Waals surface area contributed by atoms with Gasteiger partial charge in [0.05, 0.1) is 5.75 Å². The number of thioether (sulfide) groups is 1. The lowest BCUT2D eigenvalue weighted by Crippen LogP contribution is -2.47. The number of hydrogen-bond acceptors (Lipinski definition) is 4. The van der Waals surface area contributed by atoms with Gasteiger partial charge in [0, 0.05) is 31.6 Å². The summed E-state index contributed by atoms with van der Waals surface area (Å²) in [5.41, 5.74) is 0.613. The summed E-state index contributed by atoms with van der Waals surface area (Å²) in [5.74, 6) is 2.28. The standard InChI is InChI=1S/C20H32N2O2S/c1-19(2,3)13-21-10-5-8-20(14-21)9-11-22(15-20)18(23)17-7-6-16(24-17)12-25-4/h6-7H,5,8-15H2,1-4H3. The number of carbonyl (C=O) groups excluding carboxylic acids is 1. The number of carbonyl (C=O) groups is 1. The summed E-state index contributed by atoms with van der Waals surface area (Å²) in [6.07, 6.45) is 5.66. The van der Waals surface area contributed by atoms with Crippen LogP contribution in [0, 0.1) is 10.8 Å². The molecule has 3 rings (SSSR count). The maximum Gasteiger partial charge on any atom is 0.289 e. The Kier molecular flexibility index (Phi) is 5.54. The number of likely N-dealkylation sites (tertiary alicyclic amines) is 2. The first kappa shape index (κ1) is 18.8. The van der Waals surface area contributed by atoms with Crippen LogP contribution >= 0.6 is 11.8 Å². The molecule has 1 spiro atoms. The fourth-order valence-electron chi connectivity index (χ4n) is 4.43. The van der Waals surface area contributed by atoms with Gasteiger partial charge in [0.1, 0.15) is 5.76 Å². The molecule has 0 aromatic carbocycles. The minimum absolute atomic E-state index is 0.0668. The number of amides is 1. The molecule has 25 heavy (non-hydrogen) atoms. The molecule has 1 atom stereocenters. The molecule has 140 valence electrons. The van der Waals surface area contributed by atoms with Crippen LogP contribution in [0.5, 0.6) is 0 Å². The lowest BCUT2D eigenvalue weighted by molar-refractivity contribution is 0.0579. The summed E-state index contributed by atoms with van der Waals surface area (Å²) in [4.78, 5) is 17.4. The molecule has 2 aliphatic rings. The van der Waals surface area contributed by atoms with Crippen LogP contribution in [-0.4, -0.2) is 54.7 Å². The van der Waals surface area contributed by atoms with Gasteiger partial charge in [0.15, 0.2) is 5.76 Å². The van der Waals surface area contributed by atoms with Crippen molar-refractivity contribution in [2.24, 2.45) is 10.8 Å². The number of rotatable bonds is 4. The predicted octanol–water partition coefficient (Wildman–Crippen LogP) is 4.12. The zero-order chi connectivity index (χ0) is 18.1. The minimum Gasteiger partial charge on any atom is -0.455 e. The first-order chi connectivity index (χ1) is 11.8. The second-order valence-corrected chi connectivity index (χ2v) is 9.92. The van der Waals surface area contributed by atoms with Gasteiger partial charge in [-0.05, 0) is 49.6 Å². The van der Waals surface area contributed by atoms with Crippen LogP contribution in [0.2, 0.25) is 0 Å². The van der Waals surface area contributed by atoms with Crippen molar-refractivity contribution >= 4 is 17.7 Å². The van der Waals surface area contributed by atoms with Crippen molar-refractivity contribution < 1.29 is 9.21 Å². The molecule has 0 aliphatic carbocycles. The van der Waals surface area contributed by atoms with Crippen LogP contribution in [0.3, 0.4) is 0 Å². The largest absolute Gasteiger partial charge is 0.455 e. The fraction of sp³-hybridized carbons (Fsp3) is 0.750. The van der Waals surface area contributed by atoms with E-state index in [2.05, 4.69) is 25.7 Å². The van der Waals surface area contributed by atoms with Crippen LogP contribution in [0.1, 0.15) is 56.3 Å². The van der Waals surface area contributed by atoms with E-state index < -0.39 is 0 Å². The summed E-state index contributed by atoms with van der Waals surface area (Å²) in [5, 5.41) is 0. The minimum atomic E-state index is 0.0668. The Labute approximate surface area is 156 Å². The van der Waals surface area contributed by atoms with Crippen molar-refractivity contribution in [3.63, 3.8) is 0 Å². The van der Waals surface area contributed by atoms with E-state index in [0.29, 0.717) is 11.2 Å². The van der Waals surface area contributed by atoms with Gasteiger partial charge in [0.2, 0.25) is 0 Å². The highest BCUT2D eigenvalue weighted by atomic mass is 32.2. The summed E-state index contributed by atoms with van der Waals surface area (Å²) < 4.78 is 5.74. The van der Waals surface area contributed by atoms with Crippen molar-refractivity contribution in [1.82, 2.24) is 9.80 Å². The second kappa shape index (κ2) is 7.36. The third-order valence-corrected chi connectivity index (χ3v) is 5.90. The van der Waals surface area contributed by atoms with Crippen molar-refractivity contribution in [2.75, 3.05) is 39.0 Å². The SMILES string of the molecule is CSCc1ccc(C(=O)N2CCC3(CCCN(CC(C)(C)C)C3)C2)o1. The number of hydrogen-bond donors (Lipinski definition) is 0. The first-order valence-electron chi connectivity index (χ1n) is 9.40. The van der Waals surface area contributed by atoms with Crippen LogP contribution < -0.4 is 0 Å². The molecule has 4 nitrogen and oxygen atoms in total. The van der Waals surface area contributed by atoms with E-state index in [1.165, 1.54) is 19.4 Å². The van der Waals surface area contributed by atoms with Gasteiger partial charge in [-0.25, -0.2) is 0 Å². The third-order valence-electron chi connectivity index (χ3n) is 5.32. The highest BCUT2D eigenvalue weighted by Gasteiger charge is 2.43. The summed E-state index contributed by atoms with van der Waals surface area (Å²) in [6, 6.07) is 3.77. The Bertz CT molecular complexity index is 607. The number of furan rings is 1. The Morgan fingerprint density at radius 2 is 2.04 bits per heavy atom. The van der Waals surface area contributed by atoms with Crippen LogP contribution in [0.15, 0.2) is 16.5 Å². The van der Waals surface area contributed by atoms with Gasteiger partial charge >= 0.3 is 0 Å². The first-order valence-corrected chi connectivity index (χ1v) is 10.8. The molecule has 1 amide bonds. The van der Waals surface area contributed by atoms with Crippen molar-refractivity contribution in [1.29, 1.82) is 0 Å². The van der Waals surface area contributed by atoms with E-state index in [1.807, 2.05) is 23.3 Å². The topological polar surface area (TPSA) is 36.7 Å². The molecule has 2 fully saturated rings. The molecular formula is C20H32N2O2S. The van der Waals surface area contributed by atoms with Gasteiger partial charge in [0.25, 0.3) is 5.91 Å². The van der Waals surface area contributed by atoms with Gasteiger partial charge in [-0.3, -0.25) is 4.79 Å².